The van der Waals surface area contributed by atoms with E-state index in [1.807, 2.05) is 30.3 Å². The van der Waals surface area contributed by atoms with Gasteiger partial charge in [-0.2, -0.15) is 4.98 Å². The van der Waals surface area contributed by atoms with E-state index in [2.05, 4.69) is 15.3 Å². The SMILES string of the molecule is CNc1ncnc(OCc2ccccc2)c1[N+](=O)[O-]. The van der Waals surface area contributed by atoms with Crippen LogP contribution >= 0.6 is 0 Å². The first kappa shape index (κ1) is 12.7. The number of anilines is 1. The van der Waals surface area contributed by atoms with Crippen molar-refractivity contribution in [3.05, 3.63) is 52.3 Å². The van der Waals surface area contributed by atoms with Gasteiger partial charge in [-0.3, -0.25) is 10.1 Å². The van der Waals surface area contributed by atoms with Crippen LogP contribution in [0.3, 0.4) is 0 Å². The molecule has 7 nitrogen and oxygen atoms in total. The summed E-state index contributed by atoms with van der Waals surface area (Å²) in [5.74, 6) is 0.0799. The molecule has 0 aliphatic heterocycles. The molecule has 0 bridgehead atoms. The Balaban J connectivity index is 2.23. The van der Waals surface area contributed by atoms with E-state index in [0.717, 1.165) is 5.56 Å². The summed E-state index contributed by atoms with van der Waals surface area (Å²) in [5.41, 5.74) is 0.641. The van der Waals surface area contributed by atoms with E-state index in [9.17, 15) is 10.1 Å². The fourth-order valence-electron chi connectivity index (χ4n) is 1.54. The second-order valence-corrected chi connectivity index (χ2v) is 3.66. The van der Waals surface area contributed by atoms with Gasteiger partial charge in [0.05, 0.1) is 4.92 Å². The molecule has 1 heterocycles. The molecule has 0 fully saturated rings. The minimum Gasteiger partial charge on any atom is -0.468 e. The van der Waals surface area contributed by atoms with Gasteiger partial charge in [0.2, 0.25) is 5.82 Å². The molecule has 0 amide bonds. The number of ether oxygens (including phenoxy) is 1. The standard InChI is InChI=1S/C12H12N4O3/c1-13-11-10(16(17)18)12(15-8-14-11)19-7-9-5-3-2-4-6-9/h2-6,8H,7H2,1H3,(H,13,14,15). The van der Waals surface area contributed by atoms with Gasteiger partial charge in [0.1, 0.15) is 12.9 Å². The van der Waals surface area contributed by atoms with Crippen molar-refractivity contribution >= 4 is 11.5 Å². The van der Waals surface area contributed by atoms with Crippen LogP contribution in [-0.4, -0.2) is 21.9 Å². The molecule has 0 aliphatic rings. The molecule has 0 atom stereocenters. The van der Waals surface area contributed by atoms with Crippen LogP contribution in [-0.2, 0) is 6.61 Å². The highest BCUT2D eigenvalue weighted by atomic mass is 16.6. The van der Waals surface area contributed by atoms with Crippen molar-refractivity contribution in [3.63, 3.8) is 0 Å². The van der Waals surface area contributed by atoms with E-state index in [1.165, 1.54) is 6.33 Å². The molecular formula is C12H12N4O3. The molecule has 0 saturated heterocycles. The first-order valence-corrected chi connectivity index (χ1v) is 5.56. The van der Waals surface area contributed by atoms with Crippen LogP contribution in [0.15, 0.2) is 36.7 Å². The highest BCUT2D eigenvalue weighted by Crippen LogP contribution is 2.30. The normalized spacial score (nSPS) is 9.95. The fraction of sp³-hybridized carbons (Fsp3) is 0.167. The largest absolute Gasteiger partial charge is 0.468 e. The zero-order chi connectivity index (χ0) is 13.7. The summed E-state index contributed by atoms with van der Waals surface area (Å²) in [6, 6.07) is 9.35. The van der Waals surface area contributed by atoms with Gasteiger partial charge in [0, 0.05) is 7.05 Å². The Morgan fingerprint density at radius 3 is 2.68 bits per heavy atom. The molecule has 1 N–H and O–H groups in total. The Bertz CT molecular complexity index is 574. The maximum atomic E-state index is 11.0. The van der Waals surface area contributed by atoms with Gasteiger partial charge >= 0.3 is 5.69 Å². The van der Waals surface area contributed by atoms with Gasteiger partial charge in [-0.15, -0.1) is 0 Å². The summed E-state index contributed by atoms with van der Waals surface area (Å²) >= 11 is 0. The Hall–Kier alpha value is -2.70. The van der Waals surface area contributed by atoms with E-state index < -0.39 is 4.92 Å². The summed E-state index contributed by atoms with van der Waals surface area (Å²) in [4.78, 5) is 18.1. The van der Waals surface area contributed by atoms with Crippen LogP contribution in [0.25, 0.3) is 0 Å². The number of nitrogens with one attached hydrogen (secondary N) is 1. The Morgan fingerprint density at radius 2 is 2.05 bits per heavy atom. The quantitative estimate of drug-likeness (QED) is 0.653. The maximum Gasteiger partial charge on any atom is 0.372 e. The lowest BCUT2D eigenvalue weighted by molar-refractivity contribution is -0.385. The maximum absolute atomic E-state index is 11.0. The highest BCUT2D eigenvalue weighted by Gasteiger charge is 2.23. The minimum atomic E-state index is -0.563. The third kappa shape index (κ3) is 2.95. The zero-order valence-electron chi connectivity index (χ0n) is 10.2. The molecule has 0 saturated carbocycles. The van der Waals surface area contributed by atoms with Gasteiger partial charge in [0.15, 0.2) is 0 Å². The summed E-state index contributed by atoms with van der Waals surface area (Å²) < 4.78 is 5.39. The van der Waals surface area contributed by atoms with Crippen LogP contribution in [0.2, 0.25) is 0 Å². The Morgan fingerprint density at radius 1 is 1.32 bits per heavy atom. The van der Waals surface area contributed by atoms with E-state index in [0.29, 0.717) is 0 Å². The van der Waals surface area contributed by atoms with Crippen molar-refractivity contribution in [2.45, 2.75) is 6.61 Å². The Kier molecular flexibility index (Phi) is 3.87. The lowest BCUT2D eigenvalue weighted by atomic mass is 10.2. The second kappa shape index (κ2) is 5.76. The zero-order valence-corrected chi connectivity index (χ0v) is 10.2. The molecule has 0 unspecified atom stereocenters. The number of hydrogen-bond donors (Lipinski definition) is 1. The van der Waals surface area contributed by atoms with Crippen molar-refractivity contribution in [1.82, 2.24) is 9.97 Å². The molecule has 2 rings (SSSR count). The predicted octanol–water partition coefficient (Wildman–Crippen LogP) is 2.01. The number of hydrogen-bond acceptors (Lipinski definition) is 6. The fourth-order valence-corrected chi connectivity index (χ4v) is 1.54. The van der Waals surface area contributed by atoms with E-state index >= 15 is 0 Å². The lowest BCUT2D eigenvalue weighted by Gasteiger charge is -2.07. The number of aromatic nitrogens is 2. The molecule has 7 heteroatoms. The van der Waals surface area contributed by atoms with E-state index in [-0.39, 0.29) is 24.0 Å². The van der Waals surface area contributed by atoms with Gasteiger partial charge in [0.25, 0.3) is 5.88 Å². The average Bonchev–Trinajstić information content (AvgIpc) is 2.45. The smallest absolute Gasteiger partial charge is 0.372 e. The second-order valence-electron chi connectivity index (χ2n) is 3.66. The van der Waals surface area contributed by atoms with Gasteiger partial charge in [-0.1, -0.05) is 30.3 Å². The van der Waals surface area contributed by atoms with E-state index in [4.69, 9.17) is 4.74 Å². The summed E-state index contributed by atoms with van der Waals surface area (Å²) in [7, 11) is 1.55. The summed E-state index contributed by atoms with van der Waals surface area (Å²) in [5, 5.41) is 13.7. The van der Waals surface area contributed by atoms with Crippen molar-refractivity contribution in [2.75, 3.05) is 12.4 Å². The lowest BCUT2D eigenvalue weighted by Crippen LogP contribution is -2.05. The number of nitrogens with zero attached hydrogens (tertiary/aromatic N) is 3. The molecule has 1 aromatic carbocycles. The molecule has 19 heavy (non-hydrogen) atoms. The predicted molar refractivity (Wildman–Crippen MR) is 69.0 cm³/mol. The van der Waals surface area contributed by atoms with Crippen molar-refractivity contribution in [1.29, 1.82) is 0 Å². The highest BCUT2D eigenvalue weighted by molar-refractivity contribution is 5.60. The van der Waals surface area contributed by atoms with Gasteiger partial charge in [-0.25, -0.2) is 4.98 Å². The van der Waals surface area contributed by atoms with Gasteiger partial charge < -0.3 is 10.1 Å². The molecule has 0 radical (unpaired) electrons. The van der Waals surface area contributed by atoms with Crippen LogP contribution in [0.5, 0.6) is 5.88 Å². The van der Waals surface area contributed by atoms with Crippen LogP contribution in [0.4, 0.5) is 11.5 Å². The van der Waals surface area contributed by atoms with Crippen LogP contribution in [0, 0.1) is 10.1 Å². The average molecular weight is 260 g/mol. The van der Waals surface area contributed by atoms with Crippen molar-refractivity contribution < 1.29 is 9.66 Å². The molecule has 0 spiro atoms. The van der Waals surface area contributed by atoms with E-state index in [1.54, 1.807) is 7.05 Å². The third-order valence-corrected chi connectivity index (χ3v) is 2.43. The third-order valence-electron chi connectivity index (χ3n) is 2.43. The monoisotopic (exact) mass is 260 g/mol. The number of rotatable bonds is 5. The summed E-state index contributed by atoms with van der Waals surface area (Å²) in [6.07, 6.45) is 1.22. The summed E-state index contributed by atoms with van der Waals surface area (Å²) in [6.45, 7) is 0.210. The first-order chi connectivity index (χ1) is 9.22. The first-order valence-electron chi connectivity index (χ1n) is 5.56. The molecular weight excluding hydrogens is 248 g/mol. The topological polar surface area (TPSA) is 90.2 Å². The molecule has 0 aliphatic carbocycles. The molecule has 1 aromatic heterocycles. The van der Waals surface area contributed by atoms with Gasteiger partial charge in [-0.05, 0) is 5.56 Å². The Labute approximate surface area is 109 Å². The number of benzene rings is 1. The van der Waals surface area contributed by atoms with Crippen LogP contribution < -0.4 is 10.1 Å². The van der Waals surface area contributed by atoms with Crippen molar-refractivity contribution in [2.24, 2.45) is 0 Å². The minimum absolute atomic E-state index is 0.0480. The van der Waals surface area contributed by atoms with Crippen molar-refractivity contribution in [3.8, 4) is 5.88 Å². The number of nitro groups is 1. The molecule has 98 valence electrons. The van der Waals surface area contributed by atoms with Crippen LogP contribution in [0.1, 0.15) is 5.56 Å². The molecule has 2 aromatic rings.